The third-order valence-electron chi connectivity index (χ3n) is 5.74. The van der Waals surface area contributed by atoms with E-state index in [-0.39, 0.29) is 6.03 Å². The first-order valence-corrected chi connectivity index (χ1v) is 10.0. The van der Waals surface area contributed by atoms with Crippen LogP contribution in [0.25, 0.3) is 11.0 Å². The second-order valence-electron chi connectivity index (χ2n) is 7.76. The van der Waals surface area contributed by atoms with Crippen molar-refractivity contribution in [2.75, 3.05) is 31.1 Å². The number of rotatable bonds is 2. The molecule has 0 atom stereocenters. The summed E-state index contributed by atoms with van der Waals surface area (Å²) in [6.45, 7) is 6.86. The first-order chi connectivity index (χ1) is 13.0. The number of nitrogens with one attached hydrogen (secondary N) is 1. The Morgan fingerprint density at radius 2 is 1.74 bits per heavy atom. The molecule has 0 unspecified atom stereocenters. The lowest BCUT2D eigenvalue weighted by Gasteiger charge is -2.36. The van der Waals surface area contributed by atoms with Crippen molar-refractivity contribution < 1.29 is 4.79 Å². The number of aromatic nitrogens is 4. The predicted octanol–water partition coefficient (Wildman–Crippen LogP) is 2.14. The van der Waals surface area contributed by atoms with E-state index in [1.54, 1.807) is 0 Å². The molecule has 2 fully saturated rings. The number of aryl methyl sites for hydroxylation is 3. The minimum absolute atomic E-state index is 0.0851. The zero-order valence-electron chi connectivity index (χ0n) is 16.5. The molecule has 0 bridgehead atoms. The number of hydrogen-bond acceptors (Lipinski definition) is 5. The molecule has 1 saturated carbocycles. The summed E-state index contributed by atoms with van der Waals surface area (Å²) >= 11 is 0. The van der Waals surface area contributed by atoms with Crippen LogP contribution in [0.5, 0.6) is 0 Å². The molecule has 2 aromatic rings. The molecule has 2 aliphatic rings. The molecule has 1 aliphatic heterocycles. The molecule has 0 aromatic carbocycles. The molecule has 3 heterocycles. The van der Waals surface area contributed by atoms with Crippen molar-refractivity contribution >= 4 is 22.9 Å². The number of hydrogen-bond donors (Lipinski definition) is 1. The zero-order valence-corrected chi connectivity index (χ0v) is 16.5. The van der Waals surface area contributed by atoms with E-state index >= 15 is 0 Å². The fraction of sp³-hybridized carbons (Fsp3) is 0.684. The fourth-order valence-electron chi connectivity index (χ4n) is 4.28. The molecule has 2 aromatic heterocycles. The van der Waals surface area contributed by atoms with Gasteiger partial charge in [-0.1, -0.05) is 19.3 Å². The van der Waals surface area contributed by atoms with Crippen LogP contribution in [0.1, 0.15) is 43.6 Å². The van der Waals surface area contributed by atoms with Crippen molar-refractivity contribution in [3.63, 3.8) is 0 Å². The summed E-state index contributed by atoms with van der Waals surface area (Å²) in [5.74, 6) is 1.68. The van der Waals surface area contributed by atoms with Gasteiger partial charge in [0, 0.05) is 39.3 Å². The van der Waals surface area contributed by atoms with Gasteiger partial charge in [0.1, 0.15) is 16.9 Å². The van der Waals surface area contributed by atoms with Crippen LogP contribution in [0, 0.1) is 13.8 Å². The first kappa shape index (κ1) is 18.0. The maximum atomic E-state index is 12.6. The lowest BCUT2D eigenvalue weighted by atomic mass is 9.96. The lowest BCUT2D eigenvalue weighted by molar-refractivity contribution is 0.186. The third-order valence-corrected chi connectivity index (χ3v) is 5.74. The second kappa shape index (κ2) is 7.32. The van der Waals surface area contributed by atoms with Crippen LogP contribution >= 0.6 is 0 Å². The Morgan fingerprint density at radius 1 is 1.04 bits per heavy atom. The molecule has 0 spiro atoms. The largest absolute Gasteiger partial charge is 0.351 e. The van der Waals surface area contributed by atoms with Crippen molar-refractivity contribution in [2.45, 2.75) is 52.0 Å². The molecule has 1 N–H and O–H groups in total. The Bertz CT molecular complexity index is 832. The van der Waals surface area contributed by atoms with Gasteiger partial charge in [-0.05, 0) is 26.7 Å². The number of anilines is 1. The van der Waals surface area contributed by atoms with Crippen molar-refractivity contribution in [3.05, 3.63) is 11.5 Å². The number of amides is 2. The Morgan fingerprint density at radius 3 is 2.44 bits per heavy atom. The van der Waals surface area contributed by atoms with Crippen LogP contribution in [0.3, 0.4) is 0 Å². The van der Waals surface area contributed by atoms with Gasteiger partial charge in [0.2, 0.25) is 0 Å². The van der Waals surface area contributed by atoms with Crippen molar-refractivity contribution in [2.24, 2.45) is 7.05 Å². The minimum Gasteiger partial charge on any atom is -0.351 e. The molecular formula is C19H29N7O. The second-order valence-corrected chi connectivity index (χ2v) is 7.76. The quantitative estimate of drug-likeness (QED) is 0.875. The van der Waals surface area contributed by atoms with Crippen molar-refractivity contribution in [1.29, 1.82) is 0 Å². The molecule has 8 nitrogen and oxygen atoms in total. The average molecular weight is 371 g/mol. The van der Waals surface area contributed by atoms with Gasteiger partial charge < -0.3 is 15.1 Å². The summed E-state index contributed by atoms with van der Waals surface area (Å²) in [5.41, 5.74) is 2.81. The van der Waals surface area contributed by atoms with E-state index < -0.39 is 0 Å². The minimum atomic E-state index is 0.0851. The third kappa shape index (κ3) is 3.57. The summed E-state index contributed by atoms with van der Waals surface area (Å²) in [6.07, 6.45) is 5.98. The zero-order chi connectivity index (χ0) is 19.0. The van der Waals surface area contributed by atoms with Crippen molar-refractivity contribution in [3.8, 4) is 0 Å². The molecule has 0 radical (unpaired) electrons. The van der Waals surface area contributed by atoms with E-state index in [0.717, 1.165) is 54.3 Å². The standard InChI is InChI=1S/C19H29N7O/c1-13-16-17(24(3)23-13)18(21-14(2)20-16)25-9-11-26(12-10-25)19(27)22-15-7-5-4-6-8-15/h15H,4-12H2,1-3H3,(H,22,27). The number of carbonyl (C=O) groups is 1. The maximum Gasteiger partial charge on any atom is 0.317 e. The summed E-state index contributed by atoms with van der Waals surface area (Å²) in [4.78, 5) is 26.0. The number of nitrogens with zero attached hydrogens (tertiary/aromatic N) is 6. The highest BCUT2D eigenvalue weighted by Gasteiger charge is 2.26. The van der Waals surface area contributed by atoms with Crippen LogP contribution < -0.4 is 10.2 Å². The van der Waals surface area contributed by atoms with Crippen molar-refractivity contribution in [1.82, 2.24) is 30.0 Å². The molecule has 27 heavy (non-hydrogen) atoms. The Hall–Kier alpha value is -2.38. The van der Waals surface area contributed by atoms with Gasteiger partial charge in [-0.2, -0.15) is 5.10 Å². The monoisotopic (exact) mass is 371 g/mol. The highest BCUT2D eigenvalue weighted by molar-refractivity contribution is 5.88. The smallest absolute Gasteiger partial charge is 0.317 e. The lowest BCUT2D eigenvalue weighted by Crippen LogP contribution is -2.54. The first-order valence-electron chi connectivity index (χ1n) is 10.0. The Balaban J connectivity index is 1.45. The SMILES string of the molecule is Cc1nc(N2CCN(C(=O)NC3CCCCC3)CC2)c2c(n1)c(C)nn2C. The Kier molecular flexibility index (Phi) is 4.88. The molecule has 1 saturated heterocycles. The van der Waals surface area contributed by atoms with Crippen LogP contribution in [-0.2, 0) is 7.05 Å². The predicted molar refractivity (Wildman–Crippen MR) is 105 cm³/mol. The Labute approximate surface area is 159 Å². The van der Waals surface area contributed by atoms with Gasteiger partial charge in [-0.25, -0.2) is 14.8 Å². The van der Waals surface area contributed by atoms with Gasteiger partial charge in [0.25, 0.3) is 0 Å². The number of carbonyl (C=O) groups excluding carboxylic acids is 1. The van der Waals surface area contributed by atoms with Gasteiger partial charge in [-0.15, -0.1) is 0 Å². The van der Waals surface area contributed by atoms with Gasteiger partial charge in [0.05, 0.1) is 5.69 Å². The van der Waals surface area contributed by atoms with Gasteiger partial charge in [0.15, 0.2) is 5.82 Å². The number of fused-ring (bicyclic) bond motifs is 1. The van der Waals surface area contributed by atoms with Crippen LogP contribution in [0.15, 0.2) is 0 Å². The summed E-state index contributed by atoms with van der Waals surface area (Å²) in [5, 5.41) is 7.73. The number of piperazine rings is 1. The van der Waals surface area contributed by atoms with Crippen LogP contribution in [0.2, 0.25) is 0 Å². The fourth-order valence-corrected chi connectivity index (χ4v) is 4.28. The van der Waals surface area contributed by atoms with E-state index in [1.165, 1.54) is 19.3 Å². The summed E-state index contributed by atoms with van der Waals surface area (Å²) in [6, 6.07) is 0.438. The summed E-state index contributed by atoms with van der Waals surface area (Å²) < 4.78 is 1.86. The summed E-state index contributed by atoms with van der Waals surface area (Å²) in [7, 11) is 1.94. The van der Waals surface area contributed by atoms with E-state index in [0.29, 0.717) is 19.1 Å². The average Bonchev–Trinajstić information content (AvgIpc) is 2.96. The van der Waals surface area contributed by atoms with E-state index in [2.05, 4.69) is 20.3 Å². The van der Waals surface area contributed by atoms with Gasteiger partial charge in [-0.3, -0.25) is 4.68 Å². The highest BCUT2D eigenvalue weighted by atomic mass is 16.2. The molecular weight excluding hydrogens is 342 g/mol. The highest BCUT2D eigenvalue weighted by Crippen LogP contribution is 2.26. The molecule has 1 aliphatic carbocycles. The molecule has 8 heteroatoms. The van der Waals surface area contributed by atoms with E-state index in [4.69, 9.17) is 4.98 Å². The number of urea groups is 1. The van der Waals surface area contributed by atoms with Crippen LogP contribution in [0.4, 0.5) is 10.6 Å². The molecule has 146 valence electrons. The van der Waals surface area contributed by atoms with Crippen LogP contribution in [-0.4, -0.2) is 62.9 Å². The molecule has 2 amide bonds. The maximum absolute atomic E-state index is 12.6. The molecule has 4 rings (SSSR count). The topological polar surface area (TPSA) is 79.2 Å². The van der Waals surface area contributed by atoms with E-state index in [9.17, 15) is 4.79 Å². The van der Waals surface area contributed by atoms with E-state index in [1.807, 2.05) is 30.5 Å². The normalized spacial score (nSPS) is 18.9. The van der Waals surface area contributed by atoms with Gasteiger partial charge >= 0.3 is 6.03 Å².